The molecular formula is C12H10ClF3N4O3S. The Morgan fingerprint density at radius 3 is 2.54 bits per heavy atom. The molecule has 1 aromatic heterocycles. The molecule has 0 aliphatic carbocycles. The maximum absolute atomic E-state index is 13.1. The van der Waals surface area contributed by atoms with Gasteiger partial charge in [0.2, 0.25) is 0 Å². The first kappa shape index (κ1) is 18.1. The summed E-state index contributed by atoms with van der Waals surface area (Å²) in [5, 5.41) is 6.84. The third-order valence-corrected chi connectivity index (χ3v) is 4.31. The second-order valence-corrected chi connectivity index (χ2v) is 6.71. The number of alkyl halides is 3. The van der Waals surface area contributed by atoms with Crippen LogP contribution in [0.2, 0.25) is 5.02 Å². The van der Waals surface area contributed by atoms with Gasteiger partial charge in [-0.2, -0.15) is 26.7 Å². The average Bonchev–Trinajstić information content (AvgIpc) is 2.94. The van der Waals surface area contributed by atoms with Crippen molar-refractivity contribution < 1.29 is 26.4 Å². The topological polar surface area (TPSA) is 104 Å². The Hall–Kier alpha value is -2.27. The summed E-state index contributed by atoms with van der Waals surface area (Å²) in [6, 6.07) is 1.55. The molecule has 2 aromatic rings. The van der Waals surface area contributed by atoms with Gasteiger partial charge in [-0.25, -0.2) is 9.52 Å². The third kappa shape index (κ3) is 3.97. The van der Waals surface area contributed by atoms with Crippen molar-refractivity contribution >= 4 is 33.3 Å². The number of urea groups is 1. The van der Waals surface area contributed by atoms with Gasteiger partial charge < -0.3 is 5.32 Å². The lowest BCUT2D eigenvalue weighted by molar-refractivity contribution is -0.136. The number of sulfonamides is 1. The van der Waals surface area contributed by atoms with Gasteiger partial charge in [-0.3, -0.25) is 5.10 Å². The van der Waals surface area contributed by atoms with Crippen LogP contribution in [0.3, 0.4) is 0 Å². The number of nitrogens with zero attached hydrogens (tertiary/aromatic N) is 1. The number of benzene rings is 1. The third-order valence-electron chi connectivity index (χ3n) is 2.84. The molecule has 1 aromatic carbocycles. The molecule has 130 valence electrons. The van der Waals surface area contributed by atoms with E-state index in [0.717, 1.165) is 12.3 Å². The van der Waals surface area contributed by atoms with Crippen LogP contribution in [0.4, 0.5) is 23.7 Å². The van der Waals surface area contributed by atoms with Crippen LogP contribution in [0, 0.1) is 6.92 Å². The predicted molar refractivity (Wildman–Crippen MR) is 79.1 cm³/mol. The molecule has 0 saturated carbocycles. The van der Waals surface area contributed by atoms with Gasteiger partial charge in [-0.1, -0.05) is 11.6 Å². The van der Waals surface area contributed by atoms with Crippen LogP contribution in [0.15, 0.2) is 29.4 Å². The number of rotatable bonds is 3. The number of hydrogen-bond donors (Lipinski definition) is 3. The molecule has 0 unspecified atom stereocenters. The predicted octanol–water partition coefficient (Wildman–Crippen LogP) is 2.90. The van der Waals surface area contributed by atoms with E-state index in [1.54, 1.807) is 4.72 Å². The molecule has 2 amide bonds. The van der Waals surface area contributed by atoms with Gasteiger partial charge in [0.1, 0.15) is 0 Å². The van der Waals surface area contributed by atoms with Crippen LogP contribution in [0.25, 0.3) is 0 Å². The number of aromatic amines is 1. The summed E-state index contributed by atoms with van der Waals surface area (Å²) in [5.74, 6) is 0. The molecule has 3 N–H and O–H groups in total. The highest BCUT2D eigenvalue weighted by Crippen LogP contribution is 2.38. The first-order valence-corrected chi connectivity index (χ1v) is 8.07. The number of hydrogen-bond acceptors (Lipinski definition) is 4. The van der Waals surface area contributed by atoms with Crippen molar-refractivity contribution in [1.82, 2.24) is 14.9 Å². The minimum absolute atomic E-state index is 0.0175. The van der Waals surface area contributed by atoms with Crippen molar-refractivity contribution in [2.75, 3.05) is 5.32 Å². The zero-order valence-corrected chi connectivity index (χ0v) is 13.5. The van der Waals surface area contributed by atoms with Crippen molar-refractivity contribution in [3.63, 3.8) is 0 Å². The molecule has 1 heterocycles. The standard InChI is InChI=1S/C12H10ClF3N4O3S/c1-6-4-7(13)5-8(12(14,15)16)10(6)18-11(21)20-24(22,23)9-2-3-17-19-9/h2-5H,1H3,(H,17,19)(H2,18,20,21). The number of aromatic nitrogens is 2. The van der Waals surface area contributed by atoms with Crippen LogP contribution >= 0.6 is 11.6 Å². The van der Waals surface area contributed by atoms with E-state index >= 15 is 0 Å². The fourth-order valence-corrected chi connectivity index (χ4v) is 2.93. The van der Waals surface area contributed by atoms with Gasteiger partial charge in [0.15, 0.2) is 5.03 Å². The highest BCUT2D eigenvalue weighted by molar-refractivity contribution is 7.90. The van der Waals surface area contributed by atoms with Crippen LogP contribution in [0.1, 0.15) is 11.1 Å². The molecule has 0 bridgehead atoms. The number of aryl methyl sites for hydroxylation is 1. The number of halogens is 4. The van der Waals surface area contributed by atoms with Gasteiger partial charge in [0.05, 0.1) is 17.4 Å². The van der Waals surface area contributed by atoms with Gasteiger partial charge >= 0.3 is 12.2 Å². The number of carbonyl (C=O) groups excluding carboxylic acids is 1. The maximum atomic E-state index is 13.1. The molecule has 0 aliphatic heterocycles. The number of anilines is 1. The van der Waals surface area contributed by atoms with E-state index in [9.17, 15) is 26.4 Å². The fraction of sp³-hybridized carbons (Fsp3) is 0.167. The Morgan fingerprint density at radius 1 is 1.33 bits per heavy atom. The van der Waals surface area contributed by atoms with E-state index in [0.29, 0.717) is 6.07 Å². The minimum Gasteiger partial charge on any atom is -0.306 e. The Bertz CT molecular complexity index is 866. The van der Waals surface area contributed by atoms with Crippen LogP contribution in [0.5, 0.6) is 0 Å². The molecular weight excluding hydrogens is 373 g/mol. The number of nitrogens with one attached hydrogen (secondary N) is 3. The fourth-order valence-electron chi connectivity index (χ4n) is 1.84. The number of H-pyrrole nitrogens is 1. The summed E-state index contributed by atoms with van der Waals surface area (Å²) in [5.41, 5.74) is -1.77. The van der Waals surface area contributed by atoms with Gasteiger partial charge in [-0.15, -0.1) is 0 Å². The highest BCUT2D eigenvalue weighted by Gasteiger charge is 2.35. The zero-order valence-electron chi connectivity index (χ0n) is 11.9. The van der Waals surface area contributed by atoms with Crippen molar-refractivity contribution in [3.05, 3.63) is 40.5 Å². The Balaban J connectivity index is 2.30. The second kappa shape index (κ2) is 6.32. The first-order valence-electron chi connectivity index (χ1n) is 6.21. The molecule has 0 atom stereocenters. The van der Waals surface area contributed by atoms with Crippen LogP contribution < -0.4 is 10.0 Å². The van der Waals surface area contributed by atoms with E-state index in [1.165, 1.54) is 13.0 Å². The lowest BCUT2D eigenvalue weighted by atomic mass is 10.1. The van der Waals surface area contributed by atoms with Gasteiger partial charge in [0, 0.05) is 5.02 Å². The van der Waals surface area contributed by atoms with Crippen molar-refractivity contribution in [3.8, 4) is 0 Å². The normalized spacial score (nSPS) is 12.0. The largest absolute Gasteiger partial charge is 0.418 e. The van der Waals surface area contributed by atoms with Crippen LogP contribution in [-0.2, 0) is 16.2 Å². The second-order valence-electron chi connectivity index (χ2n) is 4.62. The Morgan fingerprint density at radius 2 is 2.00 bits per heavy atom. The van der Waals surface area contributed by atoms with Gasteiger partial charge in [0.25, 0.3) is 10.0 Å². The minimum atomic E-state index is -4.79. The monoisotopic (exact) mass is 382 g/mol. The summed E-state index contributed by atoms with van der Waals surface area (Å²) in [6.07, 6.45) is -3.65. The molecule has 24 heavy (non-hydrogen) atoms. The molecule has 7 nitrogen and oxygen atoms in total. The SMILES string of the molecule is Cc1cc(Cl)cc(C(F)(F)F)c1NC(=O)NS(=O)(=O)c1ccn[nH]1. The lowest BCUT2D eigenvalue weighted by Gasteiger charge is -2.17. The molecule has 0 aliphatic rings. The molecule has 12 heteroatoms. The zero-order chi connectivity index (χ0) is 18.1. The first-order chi connectivity index (χ1) is 11.0. The molecule has 2 rings (SSSR count). The summed E-state index contributed by atoms with van der Waals surface area (Å²) in [6.45, 7) is 1.29. The van der Waals surface area contributed by atoms with Crippen molar-refractivity contribution in [2.24, 2.45) is 0 Å². The average molecular weight is 383 g/mol. The molecule has 0 fully saturated rings. The summed E-state index contributed by atoms with van der Waals surface area (Å²) in [7, 11) is -4.29. The summed E-state index contributed by atoms with van der Waals surface area (Å²) < 4.78 is 64.4. The lowest BCUT2D eigenvalue weighted by Crippen LogP contribution is -2.35. The maximum Gasteiger partial charge on any atom is 0.418 e. The van der Waals surface area contributed by atoms with E-state index in [2.05, 4.69) is 10.2 Å². The number of carbonyl (C=O) groups is 1. The summed E-state index contributed by atoms with van der Waals surface area (Å²) in [4.78, 5) is 11.8. The quantitative estimate of drug-likeness (QED) is 0.759. The Kier molecular flexibility index (Phi) is 4.76. The molecule has 0 radical (unpaired) electrons. The van der Waals surface area contributed by atoms with E-state index < -0.39 is 38.5 Å². The smallest absolute Gasteiger partial charge is 0.306 e. The van der Waals surface area contributed by atoms with E-state index in [-0.39, 0.29) is 10.6 Å². The molecule has 0 spiro atoms. The van der Waals surface area contributed by atoms with Crippen LogP contribution in [-0.4, -0.2) is 24.6 Å². The van der Waals surface area contributed by atoms with Crippen molar-refractivity contribution in [1.29, 1.82) is 0 Å². The van der Waals surface area contributed by atoms with E-state index in [1.807, 2.05) is 5.32 Å². The van der Waals surface area contributed by atoms with Crippen molar-refractivity contribution in [2.45, 2.75) is 18.1 Å². The highest BCUT2D eigenvalue weighted by atomic mass is 35.5. The van der Waals surface area contributed by atoms with Gasteiger partial charge in [-0.05, 0) is 30.7 Å². The molecule has 0 saturated heterocycles. The van der Waals surface area contributed by atoms with E-state index in [4.69, 9.17) is 11.6 Å². The summed E-state index contributed by atoms with van der Waals surface area (Å²) >= 11 is 5.60. The number of amides is 2. The Labute approximate surface area is 139 Å².